The summed E-state index contributed by atoms with van der Waals surface area (Å²) in [5.74, 6) is 7.37. The molecular formula is C9H14N2O. The highest BCUT2D eigenvalue weighted by Gasteiger charge is 2.03. The second-order valence-electron chi connectivity index (χ2n) is 2.51. The number of terminal acetylenes is 1. The SMILES string of the molecule is C#CCN(N)C(=O)/C=C(\C)CC. The summed E-state index contributed by atoms with van der Waals surface area (Å²) in [6.45, 7) is 4.00. The number of amides is 1. The molecule has 0 aromatic heterocycles. The van der Waals surface area contributed by atoms with E-state index in [1.54, 1.807) is 0 Å². The minimum absolute atomic E-state index is 0.145. The molecule has 12 heavy (non-hydrogen) atoms. The summed E-state index contributed by atoms with van der Waals surface area (Å²) in [4.78, 5) is 11.1. The zero-order chi connectivity index (χ0) is 9.56. The maximum absolute atomic E-state index is 11.1. The second kappa shape index (κ2) is 5.39. The van der Waals surface area contributed by atoms with Crippen LogP contribution in [0.2, 0.25) is 0 Å². The lowest BCUT2D eigenvalue weighted by molar-refractivity contribution is -0.125. The van der Waals surface area contributed by atoms with Gasteiger partial charge in [0.15, 0.2) is 0 Å². The van der Waals surface area contributed by atoms with Gasteiger partial charge in [0.1, 0.15) is 0 Å². The average Bonchev–Trinajstić information content (AvgIpc) is 2.04. The summed E-state index contributed by atoms with van der Waals surface area (Å²) in [5, 5.41) is 1.01. The molecule has 0 radical (unpaired) electrons. The van der Waals surface area contributed by atoms with Gasteiger partial charge in [0.05, 0.1) is 6.54 Å². The van der Waals surface area contributed by atoms with Gasteiger partial charge in [0.2, 0.25) is 0 Å². The zero-order valence-electron chi connectivity index (χ0n) is 7.50. The number of hydrogen-bond acceptors (Lipinski definition) is 2. The molecule has 3 nitrogen and oxygen atoms in total. The number of hydrazine groups is 1. The Morgan fingerprint density at radius 1 is 1.75 bits per heavy atom. The van der Waals surface area contributed by atoms with Gasteiger partial charge < -0.3 is 0 Å². The maximum atomic E-state index is 11.1. The van der Waals surface area contributed by atoms with Crippen molar-refractivity contribution in [3.63, 3.8) is 0 Å². The smallest absolute Gasteiger partial charge is 0.261 e. The van der Waals surface area contributed by atoms with Crippen LogP contribution in [0.15, 0.2) is 11.6 Å². The fraction of sp³-hybridized carbons (Fsp3) is 0.444. The summed E-state index contributed by atoms with van der Waals surface area (Å²) < 4.78 is 0. The van der Waals surface area contributed by atoms with Gasteiger partial charge in [-0.3, -0.25) is 9.80 Å². The lowest BCUT2D eigenvalue weighted by atomic mass is 10.2. The predicted octanol–water partition coefficient (Wildman–Crippen LogP) is 0.678. The molecule has 2 N–H and O–H groups in total. The molecule has 1 amide bonds. The third-order valence-corrected chi connectivity index (χ3v) is 1.47. The fourth-order valence-corrected chi connectivity index (χ4v) is 0.572. The molecule has 0 spiro atoms. The van der Waals surface area contributed by atoms with Crippen LogP contribution in [0.3, 0.4) is 0 Å². The van der Waals surface area contributed by atoms with E-state index in [2.05, 4.69) is 5.92 Å². The Balaban J connectivity index is 4.14. The molecule has 0 atom stereocenters. The Morgan fingerprint density at radius 3 is 2.75 bits per heavy atom. The summed E-state index contributed by atoms with van der Waals surface area (Å²) in [6, 6.07) is 0. The normalized spacial score (nSPS) is 10.7. The highest BCUT2D eigenvalue weighted by molar-refractivity contribution is 5.87. The maximum Gasteiger partial charge on any atom is 0.261 e. The Morgan fingerprint density at radius 2 is 2.33 bits per heavy atom. The first-order valence-corrected chi connectivity index (χ1v) is 3.78. The van der Waals surface area contributed by atoms with E-state index in [1.807, 2.05) is 13.8 Å². The fourth-order valence-electron chi connectivity index (χ4n) is 0.572. The Hall–Kier alpha value is -1.27. The quantitative estimate of drug-likeness (QED) is 0.220. The molecule has 0 bridgehead atoms. The van der Waals surface area contributed by atoms with Crippen LogP contribution >= 0.6 is 0 Å². The molecule has 0 fully saturated rings. The molecule has 0 aliphatic carbocycles. The van der Waals surface area contributed by atoms with Crippen molar-refractivity contribution in [3.8, 4) is 12.3 Å². The van der Waals surface area contributed by atoms with Crippen LogP contribution in [0.4, 0.5) is 0 Å². The Kier molecular flexibility index (Phi) is 4.82. The first-order valence-electron chi connectivity index (χ1n) is 3.78. The number of carbonyl (C=O) groups excluding carboxylic acids is 1. The third-order valence-electron chi connectivity index (χ3n) is 1.47. The lowest BCUT2D eigenvalue weighted by Crippen LogP contribution is -2.36. The summed E-state index contributed by atoms with van der Waals surface area (Å²) in [7, 11) is 0. The zero-order valence-corrected chi connectivity index (χ0v) is 7.50. The van der Waals surface area contributed by atoms with Crippen LogP contribution in [0, 0.1) is 12.3 Å². The van der Waals surface area contributed by atoms with Crippen molar-refractivity contribution in [2.24, 2.45) is 5.84 Å². The van der Waals surface area contributed by atoms with Gasteiger partial charge in [-0.25, -0.2) is 5.84 Å². The van der Waals surface area contributed by atoms with Crippen molar-refractivity contribution in [2.75, 3.05) is 6.54 Å². The van der Waals surface area contributed by atoms with E-state index < -0.39 is 0 Å². The van der Waals surface area contributed by atoms with Crippen LogP contribution < -0.4 is 5.84 Å². The van der Waals surface area contributed by atoms with Crippen LogP contribution in [-0.2, 0) is 4.79 Å². The molecule has 0 aliphatic heterocycles. The van der Waals surface area contributed by atoms with Crippen molar-refractivity contribution >= 4 is 5.91 Å². The van der Waals surface area contributed by atoms with E-state index in [9.17, 15) is 4.79 Å². The van der Waals surface area contributed by atoms with Crippen molar-refractivity contribution in [2.45, 2.75) is 20.3 Å². The number of nitrogens with two attached hydrogens (primary N) is 1. The molecule has 0 aliphatic rings. The highest BCUT2D eigenvalue weighted by atomic mass is 16.2. The van der Waals surface area contributed by atoms with Crippen LogP contribution in [-0.4, -0.2) is 17.5 Å². The summed E-state index contributed by atoms with van der Waals surface area (Å²) >= 11 is 0. The molecule has 0 aromatic rings. The minimum atomic E-state index is -0.243. The molecule has 0 saturated carbocycles. The first kappa shape index (κ1) is 10.7. The first-order chi connectivity index (χ1) is 5.61. The van der Waals surface area contributed by atoms with E-state index >= 15 is 0 Å². The highest BCUT2D eigenvalue weighted by Crippen LogP contribution is 1.98. The lowest BCUT2D eigenvalue weighted by Gasteiger charge is -2.10. The van der Waals surface area contributed by atoms with E-state index in [4.69, 9.17) is 12.3 Å². The van der Waals surface area contributed by atoms with E-state index in [0.717, 1.165) is 17.0 Å². The van der Waals surface area contributed by atoms with Crippen molar-refractivity contribution in [1.82, 2.24) is 5.01 Å². The van der Waals surface area contributed by atoms with Gasteiger partial charge in [-0.1, -0.05) is 18.4 Å². The van der Waals surface area contributed by atoms with Gasteiger partial charge in [-0.05, 0) is 13.3 Å². The predicted molar refractivity (Wildman–Crippen MR) is 48.8 cm³/mol. The van der Waals surface area contributed by atoms with Crippen molar-refractivity contribution < 1.29 is 4.79 Å². The molecule has 0 saturated heterocycles. The second-order valence-corrected chi connectivity index (χ2v) is 2.51. The number of allylic oxidation sites excluding steroid dienone is 1. The molecule has 0 heterocycles. The van der Waals surface area contributed by atoms with Gasteiger partial charge in [-0.2, -0.15) is 0 Å². The summed E-state index contributed by atoms with van der Waals surface area (Å²) in [5.41, 5.74) is 0.993. The van der Waals surface area contributed by atoms with Gasteiger partial charge in [0, 0.05) is 6.08 Å². The van der Waals surface area contributed by atoms with Gasteiger partial charge >= 0.3 is 0 Å². The number of carbonyl (C=O) groups is 1. The van der Waals surface area contributed by atoms with Gasteiger partial charge in [-0.15, -0.1) is 6.42 Å². The molecule has 3 heteroatoms. The van der Waals surface area contributed by atoms with Crippen LogP contribution in [0.1, 0.15) is 20.3 Å². The van der Waals surface area contributed by atoms with Crippen LogP contribution in [0.25, 0.3) is 0 Å². The van der Waals surface area contributed by atoms with Crippen LogP contribution in [0.5, 0.6) is 0 Å². The number of hydrogen-bond donors (Lipinski definition) is 1. The molecule has 0 rings (SSSR count). The largest absolute Gasteiger partial charge is 0.268 e. The summed E-state index contributed by atoms with van der Waals surface area (Å²) in [6.07, 6.45) is 7.33. The topological polar surface area (TPSA) is 46.3 Å². The average molecular weight is 166 g/mol. The van der Waals surface area contributed by atoms with E-state index in [0.29, 0.717) is 0 Å². The van der Waals surface area contributed by atoms with Crippen molar-refractivity contribution in [1.29, 1.82) is 0 Å². The number of rotatable bonds is 3. The molecular weight excluding hydrogens is 152 g/mol. The molecule has 0 aromatic carbocycles. The monoisotopic (exact) mass is 166 g/mol. The number of nitrogens with zero attached hydrogens (tertiary/aromatic N) is 1. The Bertz CT molecular complexity index is 225. The Labute approximate surface area is 73.2 Å². The van der Waals surface area contributed by atoms with Crippen molar-refractivity contribution in [3.05, 3.63) is 11.6 Å². The van der Waals surface area contributed by atoms with E-state index in [1.165, 1.54) is 6.08 Å². The molecule has 0 unspecified atom stereocenters. The third kappa shape index (κ3) is 3.79. The molecule has 66 valence electrons. The van der Waals surface area contributed by atoms with E-state index in [-0.39, 0.29) is 12.5 Å². The standard InChI is InChI=1S/C9H14N2O/c1-4-6-11(10)9(12)7-8(3)5-2/h1,7H,5-6,10H2,2-3H3/b8-7+. The van der Waals surface area contributed by atoms with Gasteiger partial charge in [0.25, 0.3) is 5.91 Å². The minimum Gasteiger partial charge on any atom is -0.268 e.